The molecule has 0 aromatic rings. The Bertz CT molecular complexity index is 2400. The van der Waals surface area contributed by atoms with E-state index >= 15 is 0 Å². The molecule has 0 bridgehead atoms. The summed E-state index contributed by atoms with van der Waals surface area (Å²) in [6, 6.07) is 0. The third-order valence-electron chi connectivity index (χ3n) is 14.7. The zero-order valence-electron chi connectivity index (χ0n) is 59.9. The first-order chi connectivity index (χ1) is 47.2. The number of aliphatic hydroxyl groups excluding tert-OH is 2. The number of phosphoric acid groups is 2. The van der Waals surface area contributed by atoms with Gasteiger partial charge >= 0.3 is 33.6 Å². The van der Waals surface area contributed by atoms with Crippen LogP contribution in [0.3, 0.4) is 0 Å². The number of allylic oxidation sites excluding steroid dienone is 26. The van der Waals surface area contributed by atoms with Gasteiger partial charge in [-0.25, -0.2) is 9.13 Å². The number of carbonyl (C=O) groups is 3. The molecule has 0 aromatic carbocycles. The molecule has 0 amide bonds. The van der Waals surface area contributed by atoms with Crippen LogP contribution < -0.4 is 0 Å². The molecule has 5 atom stereocenters. The number of ether oxygens (including phenoxy) is 3. The lowest BCUT2D eigenvalue weighted by atomic mass is 10.1. The molecule has 0 aromatic heterocycles. The van der Waals surface area contributed by atoms with Crippen molar-refractivity contribution in [2.75, 3.05) is 39.6 Å². The van der Waals surface area contributed by atoms with Gasteiger partial charge in [-0.05, 0) is 141 Å². The normalized spacial score (nSPS) is 15.0. The smallest absolute Gasteiger partial charge is 0.463 e. The number of hydrogen-bond donors (Lipinski definition) is 4. The van der Waals surface area contributed by atoms with Crippen molar-refractivity contribution in [2.45, 2.75) is 283 Å². The highest BCUT2D eigenvalue weighted by molar-refractivity contribution is 7.47. The van der Waals surface area contributed by atoms with E-state index in [1.54, 1.807) is 0 Å². The minimum Gasteiger partial charge on any atom is -0.463 e. The molecule has 16 nitrogen and oxygen atoms in total. The number of carbonyl (C=O) groups excluding carboxylic acids is 3. The zero-order chi connectivity index (χ0) is 70.9. The van der Waals surface area contributed by atoms with Crippen LogP contribution in [0.15, 0.2) is 158 Å². The molecule has 0 rings (SSSR count). The SMILES string of the molecule is CC/C=C\C/C=C\C/C=C\C/C=C\C/C=C\C/C=C\CCCCCCCCCCC(=O)OCC(O)COP(=O)(O)OCC(O)COP(=O)(O)OCC(COC(=O)CCCCCCCC/C=C\C/C=C\C/C=C\C/C=C\CC)OC(=O)CCCCCCC/C=C\C/C=C\C/C=C\CC. The first kappa shape index (κ1) is 92.2. The fraction of sp³-hybridized carbons (Fsp3) is 0.633. The molecule has 4 N–H and O–H groups in total. The summed E-state index contributed by atoms with van der Waals surface area (Å²) >= 11 is 0. The van der Waals surface area contributed by atoms with Crippen LogP contribution in [0, 0.1) is 0 Å². The van der Waals surface area contributed by atoms with E-state index in [4.69, 9.17) is 32.3 Å². The van der Waals surface area contributed by atoms with Crippen molar-refractivity contribution in [1.29, 1.82) is 0 Å². The van der Waals surface area contributed by atoms with Crippen LogP contribution in [-0.2, 0) is 55.8 Å². The molecule has 0 aliphatic carbocycles. The third-order valence-corrected chi connectivity index (χ3v) is 16.6. The quantitative estimate of drug-likeness (QED) is 0.0146. The highest BCUT2D eigenvalue weighted by Gasteiger charge is 2.29. The maximum absolute atomic E-state index is 12.9. The molecule has 97 heavy (non-hydrogen) atoms. The summed E-state index contributed by atoms with van der Waals surface area (Å²) in [5.74, 6) is -1.63. The van der Waals surface area contributed by atoms with E-state index in [1.807, 2.05) is 0 Å². The Labute approximate surface area is 587 Å². The predicted octanol–water partition coefficient (Wildman–Crippen LogP) is 21.1. The highest BCUT2D eigenvalue weighted by Crippen LogP contribution is 2.45. The van der Waals surface area contributed by atoms with Gasteiger partial charge in [-0.15, -0.1) is 0 Å². The molecule has 0 radical (unpaired) electrons. The summed E-state index contributed by atoms with van der Waals surface area (Å²) in [7, 11) is -9.81. The summed E-state index contributed by atoms with van der Waals surface area (Å²) < 4.78 is 61.0. The highest BCUT2D eigenvalue weighted by atomic mass is 31.2. The van der Waals surface area contributed by atoms with Crippen LogP contribution in [0.2, 0.25) is 0 Å². The maximum Gasteiger partial charge on any atom is 0.472 e. The first-order valence-corrected chi connectivity index (χ1v) is 39.8. The van der Waals surface area contributed by atoms with Gasteiger partial charge in [-0.2, -0.15) is 0 Å². The number of rotatable bonds is 68. The van der Waals surface area contributed by atoms with Crippen LogP contribution in [0.25, 0.3) is 0 Å². The van der Waals surface area contributed by atoms with Gasteiger partial charge in [0.1, 0.15) is 25.4 Å². The second-order valence-electron chi connectivity index (χ2n) is 23.9. The molecule has 552 valence electrons. The van der Waals surface area contributed by atoms with Gasteiger partial charge in [0, 0.05) is 19.3 Å². The molecule has 0 aliphatic heterocycles. The molecule has 0 fully saturated rings. The lowest BCUT2D eigenvalue weighted by molar-refractivity contribution is -0.161. The van der Waals surface area contributed by atoms with Gasteiger partial charge in [-0.1, -0.05) is 262 Å². The number of hydrogen-bond acceptors (Lipinski definition) is 14. The van der Waals surface area contributed by atoms with E-state index in [9.17, 15) is 43.5 Å². The maximum atomic E-state index is 12.9. The van der Waals surface area contributed by atoms with Gasteiger partial charge in [0.25, 0.3) is 0 Å². The lowest BCUT2D eigenvalue weighted by Gasteiger charge is -2.21. The van der Waals surface area contributed by atoms with Crippen molar-refractivity contribution >= 4 is 33.6 Å². The molecule has 5 unspecified atom stereocenters. The van der Waals surface area contributed by atoms with E-state index in [0.29, 0.717) is 19.3 Å². The Hall–Kier alpha value is -4.83. The summed E-state index contributed by atoms with van der Waals surface area (Å²) in [5, 5.41) is 20.6. The second-order valence-corrected chi connectivity index (χ2v) is 26.9. The van der Waals surface area contributed by atoms with Crippen LogP contribution in [0.1, 0.15) is 265 Å². The molecule has 0 saturated carbocycles. The lowest BCUT2D eigenvalue weighted by Crippen LogP contribution is -2.30. The molecule has 0 saturated heterocycles. The predicted molar refractivity (Wildman–Crippen MR) is 399 cm³/mol. The van der Waals surface area contributed by atoms with E-state index in [0.717, 1.165) is 186 Å². The second kappa shape index (κ2) is 71.0. The van der Waals surface area contributed by atoms with E-state index in [-0.39, 0.29) is 19.3 Å². The van der Waals surface area contributed by atoms with Gasteiger partial charge in [-0.3, -0.25) is 32.5 Å². The zero-order valence-corrected chi connectivity index (χ0v) is 61.7. The van der Waals surface area contributed by atoms with Crippen LogP contribution in [0.4, 0.5) is 0 Å². The third kappa shape index (κ3) is 72.2. The van der Waals surface area contributed by atoms with Crippen molar-refractivity contribution in [1.82, 2.24) is 0 Å². The fourth-order valence-electron chi connectivity index (χ4n) is 9.23. The topological polar surface area (TPSA) is 231 Å². The van der Waals surface area contributed by atoms with Crippen LogP contribution in [-0.4, -0.2) is 95.9 Å². The van der Waals surface area contributed by atoms with E-state index in [2.05, 4.69) is 179 Å². The Morgan fingerprint density at radius 1 is 0.289 bits per heavy atom. The number of aliphatic hydroxyl groups is 2. The number of phosphoric ester groups is 2. The van der Waals surface area contributed by atoms with Crippen molar-refractivity contribution in [3.05, 3.63) is 158 Å². The molecular formula is C79H130O16P2. The summed E-state index contributed by atoms with van der Waals surface area (Å²) in [5.41, 5.74) is 0. The summed E-state index contributed by atoms with van der Waals surface area (Å²) in [6.45, 7) is 2.27. The number of unbranched alkanes of at least 4 members (excludes halogenated alkanes) is 19. The Morgan fingerprint density at radius 3 is 0.814 bits per heavy atom. The van der Waals surface area contributed by atoms with Gasteiger partial charge < -0.3 is 34.2 Å². The van der Waals surface area contributed by atoms with Crippen molar-refractivity contribution in [2.24, 2.45) is 0 Å². The molecule has 0 aliphatic rings. The summed E-state index contributed by atoms with van der Waals surface area (Å²) in [6.07, 6.45) is 87.2. The van der Waals surface area contributed by atoms with Crippen LogP contribution >= 0.6 is 15.6 Å². The molecule has 18 heteroatoms. The van der Waals surface area contributed by atoms with Crippen molar-refractivity contribution in [3.63, 3.8) is 0 Å². The van der Waals surface area contributed by atoms with E-state index < -0.39 is 91.5 Å². The standard InChI is InChI=1S/C79H130O16P2/c1-4-7-10-13-16-19-22-25-28-30-32-33-34-35-36-37-38-39-41-43-45-47-50-53-56-59-62-65-77(82)89-68-74(80)69-91-96(85,86)92-70-75(81)71-93-97(87,88)94-73-76(95-79(84)67-64-61-58-55-52-49-44-27-24-21-18-15-12-9-6-3)72-90-78(83)66-63-60-57-54-51-48-46-42-40-31-29-26-23-20-17-14-11-8-5-2/h7-12,16-21,25-29,32-33,35-36,38-40,42,44,74-76,80-81H,4-6,13-15,22-24,30-31,34,37,41,43,45-73H2,1-3H3,(H,85,86)(H,87,88)/b10-7-,11-8-,12-9-,19-16-,20-17-,21-18-,28-25-,29-26-,33-32-,36-35-,39-38-,42-40-,44-27-. The minimum atomic E-state index is -4.94. The molecule has 0 spiro atoms. The van der Waals surface area contributed by atoms with Gasteiger partial charge in [0.15, 0.2) is 6.10 Å². The Morgan fingerprint density at radius 2 is 0.515 bits per heavy atom. The van der Waals surface area contributed by atoms with E-state index in [1.165, 1.54) is 19.3 Å². The minimum absolute atomic E-state index is 0.0766. The van der Waals surface area contributed by atoms with Gasteiger partial charge in [0.05, 0.1) is 26.4 Å². The van der Waals surface area contributed by atoms with Crippen LogP contribution in [0.5, 0.6) is 0 Å². The fourth-order valence-corrected chi connectivity index (χ4v) is 10.8. The monoisotopic (exact) mass is 1400 g/mol. The first-order valence-electron chi connectivity index (χ1n) is 36.8. The van der Waals surface area contributed by atoms with Crippen molar-refractivity contribution < 1.29 is 75.8 Å². The number of esters is 3. The van der Waals surface area contributed by atoms with Gasteiger partial charge in [0.2, 0.25) is 0 Å². The Kier molecular flexibility index (Phi) is 67.5. The molecule has 0 heterocycles. The largest absolute Gasteiger partial charge is 0.472 e. The average Bonchev–Trinajstić information content (AvgIpc) is 1.86. The van der Waals surface area contributed by atoms with Crippen molar-refractivity contribution in [3.8, 4) is 0 Å². The molecular weight excluding hydrogens is 1270 g/mol. The summed E-state index contributed by atoms with van der Waals surface area (Å²) in [4.78, 5) is 58.5. The average molecular weight is 1400 g/mol. The Balaban J connectivity index is 4.61.